The van der Waals surface area contributed by atoms with Gasteiger partial charge in [0.25, 0.3) is 20.2 Å². The fourth-order valence-electron chi connectivity index (χ4n) is 0. The van der Waals surface area contributed by atoms with E-state index >= 15 is 0 Å². The SMILES string of the molecule is CC(C)(C)S(=O)(=O)O.CCS(=O)(=O)O. The topological polar surface area (TPSA) is 109 Å². The van der Waals surface area contributed by atoms with Crippen LogP contribution in [0, 0.1) is 0 Å². The largest absolute Gasteiger partial charge is 0.286 e. The van der Waals surface area contributed by atoms with Crippen molar-refractivity contribution in [2.75, 3.05) is 5.75 Å². The van der Waals surface area contributed by atoms with Crippen LogP contribution in [0.15, 0.2) is 0 Å². The third-order valence-electron chi connectivity index (χ3n) is 1.14. The molecule has 0 unspecified atom stereocenters. The maximum atomic E-state index is 10.2. The van der Waals surface area contributed by atoms with Gasteiger partial charge in [-0.15, -0.1) is 0 Å². The summed E-state index contributed by atoms with van der Waals surface area (Å²) in [5, 5.41) is 0. The van der Waals surface area contributed by atoms with E-state index in [4.69, 9.17) is 9.11 Å². The van der Waals surface area contributed by atoms with Gasteiger partial charge in [-0.05, 0) is 27.7 Å². The fraction of sp³-hybridized carbons (Fsp3) is 1.00. The van der Waals surface area contributed by atoms with E-state index in [0.717, 1.165) is 0 Å². The highest BCUT2D eigenvalue weighted by Crippen LogP contribution is 2.11. The van der Waals surface area contributed by atoms with Crippen molar-refractivity contribution in [3.05, 3.63) is 0 Å². The molecule has 0 spiro atoms. The van der Waals surface area contributed by atoms with Gasteiger partial charge in [0.1, 0.15) is 0 Å². The van der Waals surface area contributed by atoms with Crippen LogP contribution in [-0.2, 0) is 20.2 Å². The summed E-state index contributed by atoms with van der Waals surface area (Å²) in [6, 6.07) is 0. The molecule has 0 aromatic rings. The molecule has 0 atom stereocenters. The lowest BCUT2D eigenvalue weighted by molar-refractivity contribution is 0.450. The molecule has 0 aliphatic rings. The second-order valence-electron chi connectivity index (χ2n) is 3.46. The Balaban J connectivity index is 0. The second kappa shape index (κ2) is 5.06. The van der Waals surface area contributed by atoms with E-state index in [2.05, 4.69) is 0 Å². The molecule has 0 amide bonds. The minimum Gasteiger partial charge on any atom is -0.286 e. The number of hydrogen-bond acceptors (Lipinski definition) is 4. The molecule has 0 aromatic heterocycles. The summed E-state index contributed by atoms with van der Waals surface area (Å²) in [5.41, 5.74) is 0. The van der Waals surface area contributed by atoms with E-state index in [-0.39, 0.29) is 5.75 Å². The highest BCUT2D eigenvalue weighted by molar-refractivity contribution is 7.87. The molecule has 0 heterocycles. The molecule has 0 fully saturated rings. The third kappa shape index (κ3) is 9.90. The van der Waals surface area contributed by atoms with Gasteiger partial charge in [0.2, 0.25) is 0 Å². The maximum Gasteiger partial charge on any atom is 0.269 e. The summed E-state index contributed by atoms with van der Waals surface area (Å²) in [4.78, 5) is 0. The van der Waals surface area contributed by atoms with Crippen LogP contribution < -0.4 is 0 Å². The zero-order chi connectivity index (χ0) is 12.2. The average Bonchev–Trinajstić information content (AvgIpc) is 1.82. The van der Waals surface area contributed by atoms with Gasteiger partial charge in [-0.1, -0.05) is 0 Å². The highest BCUT2D eigenvalue weighted by atomic mass is 32.2. The Morgan fingerprint density at radius 1 is 1.00 bits per heavy atom. The summed E-state index contributed by atoms with van der Waals surface area (Å²) >= 11 is 0. The molecule has 0 rings (SSSR count). The van der Waals surface area contributed by atoms with Crippen molar-refractivity contribution < 1.29 is 25.9 Å². The maximum absolute atomic E-state index is 10.2. The minimum absolute atomic E-state index is 0.201. The van der Waals surface area contributed by atoms with Crippen LogP contribution in [0.3, 0.4) is 0 Å². The van der Waals surface area contributed by atoms with Crippen LogP contribution in [0.2, 0.25) is 0 Å². The van der Waals surface area contributed by atoms with Crippen molar-refractivity contribution in [1.82, 2.24) is 0 Å². The lowest BCUT2D eigenvalue weighted by Crippen LogP contribution is -2.26. The van der Waals surface area contributed by atoms with Crippen LogP contribution in [0.4, 0.5) is 0 Å². The molecule has 0 radical (unpaired) electrons. The number of hydrogen-bond donors (Lipinski definition) is 2. The van der Waals surface area contributed by atoms with Crippen molar-refractivity contribution in [3.63, 3.8) is 0 Å². The van der Waals surface area contributed by atoms with E-state index in [1.165, 1.54) is 27.7 Å². The van der Waals surface area contributed by atoms with Gasteiger partial charge in [-0.2, -0.15) is 16.8 Å². The Hall–Kier alpha value is -0.180. The molecule has 0 saturated carbocycles. The summed E-state index contributed by atoms with van der Waals surface area (Å²) in [7, 11) is -7.50. The van der Waals surface area contributed by atoms with E-state index in [0.29, 0.717) is 0 Å². The Morgan fingerprint density at radius 2 is 1.14 bits per heavy atom. The van der Waals surface area contributed by atoms with Crippen LogP contribution in [0.25, 0.3) is 0 Å². The fourth-order valence-corrected chi connectivity index (χ4v) is 0. The van der Waals surface area contributed by atoms with Crippen molar-refractivity contribution in [1.29, 1.82) is 0 Å². The molecule has 0 bridgehead atoms. The Labute approximate surface area is 84.8 Å². The minimum atomic E-state index is -3.84. The predicted octanol–water partition coefficient (Wildman–Crippen LogP) is 0.567. The quantitative estimate of drug-likeness (QED) is 0.656. The molecule has 88 valence electrons. The van der Waals surface area contributed by atoms with Crippen molar-refractivity contribution in [2.45, 2.75) is 32.4 Å². The molecule has 0 aliphatic heterocycles. The number of rotatable bonds is 1. The zero-order valence-electron chi connectivity index (χ0n) is 8.55. The van der Waals surface area contributed by atoms with Gasteiger partial charge < -0.3 is 0 Å². The molecule has 8 heteroatoms. The van der Waals surface area contributed by atoms with Gasteiger partial charge in [-0.3, -0.25) is 9.11 Å². The van der Waals surface area contributed by atoms with E-state index in [1.807, 2.05) is 0 Å². The Kier molecular flexibility index (Phi) is 5.87. The van der Waals surface area contributed by atoms with Crippen LogP contribution in [0.5, 0.6) is 0 Å². The van der Waals surface area contributed by atoms with Crippen LogP contribution >= 0.6 is 0 Å². The van der Waals surface area contributed by atoms with E-state index in [9.17, 15) is 16.8 Å². The molecular weight excluding hydrogens is 232 g/mol. The van der Waals surface area contributed by atoms with Crippen molar-refractivity contribution in [3.8, 4) is 0 Å². The molecule has 2 N–H and O–H groups in total. The molecule has 0 aromatic carbocycles. The molecular formula is C6H16O6S2. The van der Waals surface area contributed by atoms with Crippen LogP contribution in [-0.4, -0.2) is 36.4 Å². The smallest absolute Gasteiger partial charge is 0.269 e. The first-order chi connectivity index (χ1) is 5.81. The second-order valence-corrected chi connectivity index (χ2v) is 7.37. The summed E-state index contributed by atoms with van der Waals surface area (Å²) in [6.07, 6.45) is 0. The first kappa shape index (κ1) is 16.3. The van der Waals surface area contributed by atoms with Crippen molar-refractivity contribution >= 4 is 20.2 Å². The third-order valence-corrected chi connectivity index (χ3v) is 3.42. The monoisotopic (exact) mass is 248 g/mol. The Morgan fingerprint density at radius 3 is 1.14 bits per heavy atom. The Bertz CT molecular complexity index is 344. The van der Waals surface area contributed by atoms with E-state index in [1.54, 1.807) is 0 Å². The van der Waals surface area contributed by atoms with E-state index < -0.39 is 25.0 Å². The molecule has 0 aliphatic carbocycles. The first-order valence-electron chi connectivity index (χ1n) is 3.73. The van der Waals surface area contributed by atoms with Gasteiger partial charge in [0.15, 0.2) is 0 Å². The van der Waals surface area contributed by atoms with Gasteiger partial charge in [-0.25, -0.2) is 0 Å². The molecule has 0 saturated heterocycles. The highest BCUT2D eigenvalue weighted by Gasteiger charge is 2.25. The van der Waals surface area contributed by atoms with Crippen LogP contribution in [0.1, 0.15) is 27.7 Å². The predicted molar refractivity (Wildman–Crippen MR) is 53.4 cm³/mol. The standard InChI is InChI=1S/C4H10O3S.C2H6O3S/c1-4(2,3)8(5,6)7;1-2-6(3,4)5/h1-3H3,(H,5,6,7);2H2,1H3,(H,3,4,5). The first-order valence-corrected chi connectivity index (χ1v) is 6.78. The molecule has 6 nitrogen and oxygen atoms in total. The zero-order valence-corrected chi connectivity index (χ0v) is 10.2. The van der Waals surface area contributed by atoms with Gasteiger partial charge in [0, 0.05) is 0 Å². The molecule has 14 heavy (non-hydrogen) atoms. The lowest BCUT2D eigenvalue weighted by atomic mass is 10.3. The van der Waals surface area contributed by atoms with Gasteiger partial charge >= 0.3 is 0 Å². The summed E-state index contributed by atoms with van der Waals surface area (Å²) in [6.45, 7) is 5.67. The summed E-state index contributed by atoms with van der Waals surface area (Å²) in [5.74, 6) is -0.201. The summed E-state index contributed by atoms with van der Waals surface area (Å²) < 4.78 is 54.6. The van der Waals surface area contributed by atoms with Gasteiger partial charge in [0.05, 0.1) is 10.5 Å². The average molecular weight is 248 g/mol. The normalized spacial score (nSPS) is 13.0. The lowest BCUT2D eigenvalue weighted by Gasteiger charge is -2.12. The van der Waals surface area contributed by atoms with Crippen molar-refractivity contribution in [2.24, 2.45) is 0 Å².